The fraction of sp³-hybridized carbons (Fsp3) is 0.0625. The largest absolute Gasteiger partial charge is 0.489 e. The van der Waals surface area contributed by atoms with Crippen LogP contribution in [-0.2, 0) is 6.61 Å². The number of aromatic nitrogens is 2. The number of nitrogens with zero attached hydrogens (tertiary/aromatic N) is 1. The van der Waals surface area contributed by atoms with Gasteiger partial charge in [0.05, 0.1) is 11.3 Å². The predicted molar refractivity (Wildman–Crippen MR) is 74.7 cm³/mol. The molecule has 3 nitrogen and oxygen atoms in total. The maximum absolute atomic E-state index is 13.5. The third kappa shape index (κ3) is 2.91. The lowest BCUT2D eigenvalue weighted by atomic mass is 10.1. The Kier molecular flexibility index (Phi) is 3.64. The first-order valence-electron chi connectivity index (χ1n) is 6.39. The molecule has 21 heavy (non-hydrogen) atoms. The van der Waals surface area contributed by atoms with Gasteiger partial charge in [-0.05, 0) is 48.0 Å². The van der Waals surface area contributed by atoms with E-state index >= 15 is 0 Å². The number of aromatic amines is 1. The Labute approximate surface area is 120 Å². The maximum Gasteiger partial charge on any atom is 0.132 e. The number of benzene rings is 2. The molecule has 106 valence electrons. The van der Waals surface area contributed by atoms with Gasteiger partial charge in [0, 0.05) is 6.20 Å². The Bertz CT molecular complexity index is 704. The lowest BCUT2D eigenvalue weighted by Gasteiger charge is -2.08. The number of hydrogen-bond donors (Lipinski definition) is 1. The average Bonchev–Trinajstić information content (AvgIpc) is 3.02. The van der Waals surface area contributed by atoms with Crippen LogP contribution in [-0.4, -0.2) is 10.2 Å². The van der Waals surface area contributed by atoms with E-state index < -0.39 is 11.6 Å². The van der Waals surface area contributed by atoms with E-state index in [2.05, 4.69) is 10.2 Å². The van der Waals surface area contributed by atoms with Crippen LogP contribution in [0.2, 0.25) is 0 Å². The van der Waals surface area contributed by atoms with Gasteiger partial charge >= 0.3 is 0 Å². The fourth-order valence-electron chi connectivity index (χ4n) is 1.97. The molecule has 0 aliphatic carbocycles. The minimum atomic E-state index is -0.607. The molecule has 0 radical (unpaired) electrons. The number of ether oxygens (including phenoxy) is 1. The first-order valence-corrected chi connectivity index (χ1v) is 6.39. The van der Waals surface area contributed by atoms with Crippen molar-refractivity contribution in [3.8, 4) is 17.0 Å². The Morgan fingerprint density at radius 2 is 1.67 bits per heavy atom. The van der Waals surface area contributed by atoms with Crippen LogP contribution in [0.25, 0.3) is 11.3 Å². The minimum Gasteiger partial charge on any atom is -0.489 e. The molecule has 0 aliphatic heterocycles. The van der Waals surface area contributed by atoms with Crippen LogP contribution in [0, 0.1) is 11.6 Å². The van der Waals surface area contributed by atoms with E-state index in [4.69, 9.17) is 4.74 Å². The highest BCUT2D eigenvalue weighted by Crippen LogP contribution is 2.21. The molecule has 5 heteroatoms. The smallest absolute Gasteiger partial charge is 0.132 e. The molecule has 3 rings (SSSR count). The molecule has 0 amide bonds. The third-order valence-corrected chi connectivity index (χ3v) is 3.11. The summed E-state index contributed by atoms with van der Waals surface area (Å²) < 4.78 is 32.4. The van der Waals surface area contributed by atoms with Crippen LogP contribution < -0.4 is 4.74 Å². The van der Waals surface area contributed by atoms with Crippen LogP contribution >= 0.6 is 0 Å². The van der Waals surface area contributed by atoms with Crippen molar-refractivity contribution < 1.29 is 13.5 Å². The molecular formula is C16H12F2N2O. The predicted octanol–water partition coefficient (Wildman–Crippen LogP) is 3.93. The van der Waals surface area contributed by atoms with Gasteiger partial charge in [-0.25, -0.2) is 8.78 Å². The standard InChI is InChI=1S/C16H12F2N2O/c17-14-2-1-3-15(18)13(14)10-21-12-6-4-11(5-7-12)16-8-9-19-20-16/h1-9H,10H2,(H,19,20). The third-order valence-electron chi connectivity index (χ3n) is 3.11. The van der Waals surface area contributed by atoms with E-state index in [1.807, 2.05) is 18.2 Å². The van der Waals surface area contributed by atoms with E-state index in [1.165, 1.54) is 18.2 Å². The van der Waals surface area contributed by atoms with Crippen molar-refractivity contribution in [2.45, 2.75) is 6.61 Å². The highest BCUT2D eigenvalue weighted by atomic mass is 19.1. The van der Waals surface area contributed by atoms with Crippen molar-refractivity contribution in [2.75, 3.05) is 0 Å². The zero-order valence-electron chi connectivity index (χ0n) is 11.0. The van der Waals surface area contributed by atoms with E-state index in [0.717, 1.165) is 11.3 Å². The van der Waals surface area contributed by atoms with Crippen molar-refractivity contribution in [3.63, 3.8) is 0 Å². The van der Waals surface area contributed by atoms with E-state index in [1.54, 1.807) is 18.3 Å². The monoisotopic (exact) mass is 286 g/mol. The fourth-order valence-corrected chi connectivity index (χ4v) is 1.97. The Hall–Kier alpha value is -2.69. The van der Waals surface area contributed by atoms with Crippen LogP contribution in [0.15, 0.2) is 54.7 Å². The average molecular weight is 286 g/mol. The number of rotatable bonds is 4. The lowest BCUT2D eigenvalue weighted by Crippen LogP contribution is -2.01. The van der Waals surface area contributed by atoms with Crippen LogP contribution in [0.4, 0.5) is 8.78 Å². The summed E-state index contributed by atoms with van der Waals surface area (Å²) in [7, 11) is 0. The van der Waals surface area contributed by atoms with Gasteiger partial charge in [0.2, 0.25) is 0 Å². The summed E-state index contributed by atoms with van der Waals surface area (Å²) in [6.07, 6.45) is 1.67. The molecule has 1 aromatic heterocycles. The topological polar surface area (TPSA) is 37.9 Å². The van der Waals surface area contributed by atoms with Gasteiger partial charge in [-0.3, -0.25) is 5.10 Å². The molecule has 0 unspecified atom stereocenters. The van der Waals surface area contributed by atoms with Crippen molar-refractivity contribution in [1.29, 1.82) is 0 Å². The molecule has 0 spiro atoms. The second-order valence-corrected chi connectivity index (χ2v) is 4.48. The highest BCUT2D eigenvalue weighted by Gasteiger charge is 2.09. The van der Waals surface area contributed by atoms with Crippen molar-refractivity contribution in [2.24, 2.45) is 0 Å². The highest BCUT2D eigenvalue weighted by molar-refractivity contribution is 5.59. The molecule has 1 N–H and O–H groups in total. The quantitative estimate of drug-likeness (QED) is 0.789. The lowest BCUT2D eigenvalue weighted by molar-refractivity contribution is 0.292. The van der Waals surface area contributed by atoms with Crippen molar-refractivity contribution in [3.05, 3.63) is 71.9 Å². The molecule has 0 aliphatic rings. The first-order chi connectivity index (χ1) is 10.2. The summed E-state index contributed by atoms with van der Waals surface area (Å²) in [6.45, 7) is -0.151. The van der Waals surface area contributed by atoms with Crippen LogP contribution in [0.1, 0.15) is 5.56 Å². The molecule has 3 aromatic rings. The van der Waals surface area contributed by atoms with Crippen molar-refractivity contribution in [1.82, 2.24) is 10.2 Å². The second kappa shape index (κ2) is 5.75. The van der Waals surface area contributed by atoms with E-state index in [-0.39, 0.29) is 12.2 Å². The summed E-state index contributed by atoms with van der Waals surface area (Å²) >= 11 is 0. The van der Waals surface area contributed by atoms with Gasteiger partial charge in [0.1, 0.15) is 24.0 Å². The molecule has 0 fully saturated rings. The van der Waals surface area contributed by atoms with Gasteiger partial charge in [-0.15, -0.1) is 0 Å². The van der Waals surface area contributed by atoms with Gasteiger partial charge < -0.3 is 4.74 Å². The van der Waals surface area contributed by atoms with E-state index in [0.29, 0.717) is 5.75 Å². The summed E-state index contributed by atoms with van der Waals surface area (Å²) in [4.78, 5) is 0. The Balaban J connectivity index is 1.71. The molecule has 0 atom stereocenters. The molecule has 0 saturated carbocycles. The van der Waals surface area contributed by atoms with E-state index in [9.17, 15) is 8.78 Å². The van der Waals surface area contributed by atoms with Gasteiger partial charge in [-0.2, -0.15) is 5.10 Å². The van der Waals surface area contributed by atoms with Gasteiger partial charge in [-0.1, -0.05) is 6.07 Å². The number of nitrogens with one attached hydrogen (secondary N) is 1. The summed E-state index contributed by atoms with van der Waals surface area (Å²) in [5.41, 5.74) is 1.77. The van der Waals surface area contributed by atoms with Crippen molar-refractivity contribution >= 4 is 0 Å². The molecule has 1 heterocycles. The summed E-state index contributed by atoms with van der Waals surface area (Å²) in [5.74, 6) is -0.672. The molecule has 2 aromatic carbocycles. The Morgan fingerprint density at radius 3 is 2.29 bits per heavy atom. The molecular weight excluding hydrogens is 274 g/mol. The number of halogens is 2. The summed E-state index contributed by atoms with van der Waals surface area (Å²) in [5, 5.41) is 6.73. The Morgan fingerprint density at radius 1 is 0.952 bits per heavy atom. The minimum absolute atomic E-state index is 0.0739. The second-order valence-electron chi connectivity index (χ2n) is 4.48. The van der Waals surface area contributed by atoms with Gasteiger partial charge in [0.15, 0.2) is 0 Å². The maximum atomic E-state index is 13.5. The molecule has 0 saturated heterocycles. The van der Waals surface area contributed by atoms with Crippen LogP contribution in [0.3, 0.4) is 0 Å². The number of H-pyrrole nitrogens is 1. The zero-order valence-corrected chi connectivity index (χ0v) is 11.0. The number of hydrogen-bond acceptors (Lipinski definition) is 2. The summed E-state index contributed by atoms with van der Waals surface area (Å²) in [6, 6.07) is 12.8. The first kappa shape index (κ1) is 13.3. The van der Waals surface area contributed by atoms with Gasteiger partial charge in [0.25, 0.3) is 0 Å². The normalized spacial score (nSPS) is 10.6. The zero-order chi connectivity index (χ0) is 14.7. The molecule has 0 bridgehead atoms. The SMILES string of the molecule is Fc1cccc(F)c1COc1ccc(-c2ccn[nH]2)cc1. The van der Waals surface area contributed by atoms with Crippen LogP contribution in [0.5, 0.6) is 5.75 Å².